The van der Waals surface area contributed by atoms with Gasteiger partial charge < -0.3 is 0 Å². The number of hydrogen-bond acceptors (Lipinski definition) is 3. The summed E-state index contributed by atoms with van der Waals surface area (Å²) in [6.45, 7) is 4.14. The quantitative estimate of drug-likeness (QED) is 0.585. The van der Waals surface area contributed by atoms with Crippen molar-refractivity contribution in [2.24, 2.45) is 0 Å². The average molecular weight is 282 g/mol. The molecule has 0 radical (unpaired) electrons. The molecule has 2 atom stereocenters. The van der Waals surface area contributed by atoms with Crippen LogP contribution >= 0.6 is 44.4 Å². The minimum Gasteiger partial charge on any atom is -0.131 e. The standard InChI is InChI=1S/C4H12P2S5/c1-3-5(7,8)11-6(9,10)4-2/h3-4H2,1-2H3,(H,7,8)(H,9,10). The smallest absolute Gasteiger partial charge is 0.0596 e. The van der Waals surface area contributed by atoms with E-state index in [9.17, 15) is 0 Å². The van der Waals surface area contributed by atoms with Crippen molar-refractivity contribution in [1.82, 2.24) is 0 Å². The van der Waals surface area contributed by atoms with Gasteiger partial charge in [0.1, 0.15) is 0 Å². The molecular weight excluding hydrogens is 270 g/mol. The van der Waals surface area contributed by atoms with Gasteiger partial charge in [0.2, 0.25) is 0 Å². The molecule has 0 aliphatic carbocycles. The van der Waals surface area contributed by atoms with Crippen LogP contribution in [0.3, 0.4) is 0 Å². The Hall–Kier alpha value is 2.35. The first kappa shape index (κ1) is 13.4. The maximum absolute atomic E-state index is 5.31. The van der Waals surface area contributed by atoms with Gasteiger partial charge >= 0.3 is 0 Å². The molecule has 0 amide bonds. The SMILES string of the molecule is CCP(=S)(S)SP(=S)(S)CC. The van der Waals surface area contributed by atoms with Crippen LogP contribution in [-0.4, -0.2) is 12.3 Å². The van der Waals surface area contributed by atoms with E-state index in [0.717, 1.165) is 12.3 Å². The molecule has 0 aliphatic rings. The highest BCUT2D eigenvalue weighted by molar-refractivity contribution is 9.21. The molecule has 0 nitrogen and oxygen atoms in total. The molecule has 0 aromatic carbocycles. The summed E-state index contributed by atoms with van der Waals surface area (Å²) in [6.07, 6.45) is 1.91. The summed E-state index contributed by atoms with van der Waals surface area (Å²) in [5, 5.41) is 0. The Morgan fingerprint density at radius 2 is 1.36 bits per heavy atom. The van der Waals surface area contributed by atoms with Crippen LogP contribution in [0.4, 0.5) is 0 Å². The molecule has 0 saturated carbocycles. The van der Waals surface area contributed by atoms with Crippen LogP contribution < -0.4 is 0 Å². The highest BCUT2D eigenvalue weighted by Gasteiger charge is 2.18. The summed E-state index contributed by atoms with van der Waals surface area (Å²) in [5.41, 5.74) is 0. The Morgan fingerprint density at radius 1 is 1.09 bits per heavy atom. The van der Waals surface area contributed by atoms with Crippen LogP contribution in [0.1, 0.15) is 13.8 Å². The van der Waals surface area contributed by atoms with E-state index in [1.165, 1.54) is 0 Å². The van der Waals surface area contributed by atoms with E-state index < -0.39 is 8.88 Å². The molecule has 0 N–H and O–H groups in total. The van der Waals surface area contributed by atoms with Crippen LogP contribution in [0.5, 0.6) is 0 Å². The second-order valence-corrected chi connectivity index (χ2v) is 24.1. The highest BCUT2D eigenvalue weighted by atomic mass is 33.5. The van der Waals surface area contributed by atoms with Gasteiger partial charge in [-0.1, -0.05) is 48.5 Å². The van der Waals surface area contributed by atoms with Crippen molar-refractivity contribution < 1.29 is 0 Å². The van der Waals surface area contributed by atoms with Crippen molar-refractivity contribution in [1.29, 1.82) is 0 Å². The largest absolute Gasteiger partial charge is 0.131 e. The van der Waals surface area contributed by atoms with Gasteiger partial charge in [0, 0.05) is 0 Å². The third-order valence-electron chi connectivity index (χ3n) is 1.05. The second kappa shape index (κ2) is 5.29. The summed E-state index contributed by atoms with van der Waals surface area (Å²) in [5.74, 6) is 0. The maximum atomic E-state index is 5.31. The zero-order chi connectivity index (χ0) is 9.12. The fourth-order valence-electron chi connectivity index (χ4n) is 0.315. The normalized spacial score (nSPS) is 22.2. The first-order valence-electron chi connectivity index (χ1n) is 3.18. The number of hydrogen-bond donors (Lipinski definition) is 2. The van der Waals surface area contributed by atoms with E-state index >= 15 is 0 Å². The Bertz CT molecular complexity index is 191. The lowest BCUT2D eigenvalue weighted by Crippen LogP contribution is -1.72. The summed E-state index contributed by atoms with van der Waals surface area (Å²) in [4.78, 5) is 0. The van der Waals surface area contributed by atoms with E-state index in [-0.39, 0.29) is 0 Å². The Balaban J connectivity index is 4.26. The number of rotatable bonds is 4. The zero-order valence-corrected chi connectivity index (χ0v) is 12.5. The first-order chi connectivity index (χ1) is 4.83. The van der Waals surface area contributed by atoms with Crippen LogP contribution in [0.15, 0.2) is 0 Å². The van der Waals surface area contributed by atoms with Crippen LogP contribution in [0, 0.1) is 0 Å². The predicted molar refractivity (Wildman–Crippen MR) is 75.2 cm³/mol. The summed E-state index contributed by atoms with van der Waals surface area (Å²) >= 11 is 21.2. The molecule has 0 aliphatic heterocycles. The van der Waals surface area contributed by atoms with Crippen molar-refractivity contribution in [2.75, 3.05) is 12.3 Å². The summed E-state index contributed by atoms with van der Waals surface area (Å²) in [6, 6.07) is 0. The zero-order valence-electron chi connectivity index (χ0n) is 6.43. The van der Waals surface area contributed by atoms with E-state index in [2.05, 4.69) is 38.3 Å². The lowest BCUT2D eigenvalue weighted by molar-refractivity contribution is 1.52. The Kier molecular flexibility index (Phi) is 6.41. The fraction of sp³-hybridized carbons (Fsp3) is 1.00. The molecular formula is C4H12P2S5. The lowest BCUT2D eigenvalue weighted by Gasteiger charge is -2.19. The molecule has 0 saturated heterocycles. The van der Waals surface area contributed by atoms with Gasteiger partial charge in [-0.25, -0.2) is 0 Å². The Labute approximate surface area is 93.5 Å². The van der Waals surface area contributed by atoms with Crippen molar-refractivity contribution in [2.45, 2.75) is 13.8 Å². The molecule has 2 unspecified atom stereocenters. The monoisotopic (exact) mass is 282 g/mol. The molecule has 0 rings (SSSR count). The van der Waals surface area contributed by atoms with Crippen LogP contribution in [0.25, 0.3) is 0 Å². The van der Waals surface area contributed by atoms with Crippen LogP contribution in [0.2, 0.25) is 0 Å². The predicted octanol–water partition coefficient (Wildman–Crippen LogP) is 4.24. The molecule has 0 bridgehead atoms. The molecule has 7 heteroatoms. The van der Waals surface area contributed by atoms with Gasteiger partial charge in [0.15, 0.2) is 0 Å². The topological polar surface area (TPSA) is 0 Å². The minimum atomic E-state index is -1.50. The van der Waals surface area contributed by atoms with Crippen LogP contribution in [-0.2, 0) is 23.6 Å². The van der Waals surface area contributed by atoms with Crippen molar-refractivity contribution in [3.05, 3.63) is 0 Å². The number of thiol groups is 2. The second-order valence-electron chi connectivity index (χ2n) is 1.99. The average Bonchev–Trinajstić information content (AvgIpc) is 1.86. The van der Waals surface area contributed by atoms with Crippen molar-refractivity contribution >= 4 is 68.0 Å². The van der Waals surface area contributed by atoms with Crippen molar-refractivity contribution in [3.8, 4) is 0 Å². The van der Waals surface area contributed by atoms with Gasteiger partial charge in [-0.05, 0) is 12.3 Å². The molecule has 0 aromatic heterocycles. The Morgan fingerprint density at radius 3 is 1.55 bits per heavy atom. The third-order valence-corrected chi connectivity index (χ3v) is 21.6. The summed E-state index contributed by atoms with van der Waals surface area (Å²) < 4.78 is -3.00. The lowest BCUT2D eigenvalue weighted by atomic mass is 11.0. The molecule has 11 heavy (non-hydrogen) atoms. The van der Waals surface area contributed by atoms with Gasteiger partial charge in [0.05, 0.1) is 8.88 Å². The van der Waals surface area contributed by atoms with E-state index in [0.29, 0.717) is 0 Å². The van der Waals surface area contributed by atoms with E-state index in [1.807, 2.05) is 0 Å². The first-order valence-corrected chi connectivity index (χ1v) is 13.5. The van der Waals surface area contributed by atoms with Gasteiger partial charge in [0.25, 0.3) is 0 Å². The van der Waals surface area contributed by atoms with E-state index in [4.69, 9.17) is 23.6 Å². The molecule has 0 aromatic rings. The minimum absolute atomic E-state index is 0.953. The molecule has 68 valence electrons. The van der Waals surface area contributed by atoms with Gasteiger partial charge in [-0.3, -0.25) is 0 Å². The fourth-order valence-corrected chi connectivity index (χ4v) is 26.7. The van der Waals surface area contributed by atoms with E-state index in [1.54, 1.807) is 11.0 Å². The third kappa shape index (κ3) is 6.42. The van der Waals surface area contributed by atoms with Gasteiger partial charge in [-0.2, -0.15) is 0 Å². The molecule has 0 fully saturated rings. The highest BCUT2D eigenvalue weighted by Crippen LogP contribution is 2.81. The molecule has 0 spiro atoms. The maximum Gasteiger partial charge on any atom is 0.0596 e. The molecule has 0 heterocycles. The van der Waals surface area contributed by atoms with Crippen molar-refractivity contribution in [3.63, 3.8) is 0 Å². The summed E-state index contributed by atoms with van der Waals surface area (Å²) in [7, 11) is 0. The van der Waals surface area contributed by atoms with Gasteiger partial charge in [-0.15, -0.1) is 24.5 Å².